The van der Waals surface area contributed by atoms with Crippen molar-refractivity contribution < 1.29 is 43.2 Å². The molecule has 0 bridgehead atoms. The molecular weight excluding hydrogens is 277 g/mol. The van der Waals surface area contributed by atoms with Gasteiger partial charge in [0.15, 0.2) is 0 Å². The minimum absolute atomic E-state index is 0.342. The predicted octanol–water partition coefficient (Wildman–Crippen LogP) is 0.460. The fourth-order valence-corrected chi connectivity index (χ4v) is 0. The molecule has 0 radical (unpaired) electrons. The van der Waals surface area contributed by atoms with Crippen molar-refractivity contribution in [2.24, 2.45) is 0 Å². The molecule has 0 atom stereocenters. The van der Waals surface area contributed by atoms with Gasteiger partial charge in [-0.1, -0.05) is 0 Å². The first-order chi connectivity index (χ1) is 2.00. The molecule has 19 valence electrons. The van der Waals surface area contributed by atoms with Crippen LogP contribution in [0.1, 0.15) is 0 Å². The van der Waals surface area contributed by atoms with Crippen molar-refractivity contribution in [2.75, 3.05) is 0 Å². The van der Waals surface area contributed by atoms with Gasteiger partial charge in [-0.15, -0.1) is 0 Å². The molecule has 0 heterocycles. The van der Waals surface area contributed by atoms with Crippen LogP contribution in [0, 0.1) is 38.7 Å². The van der Waals surface area contributed by atoms with Crippen molar-refractivity contribution >= 4 is 18.2 Å². The molecule has 0 aromatic rings. The van der Waals surface area contributed by atoms with E-state index >= 15 is 0 Å². The number of halogens is 2. The summed E-state index contributed by atoms with van der Waals surface area (Å²) >= 11 is 0.158. The van der Waals surface area contributed by atoms with Crippen LogP contribution in [0.15, 0.2) is 0 Å². The second-order valence-corrected chi connectivity index (χ2v) is 0. The molecule has 4 heteroatoms. The predicted molar refractivity (Wildman–Crippen MR) is 7.97 cm³/mol. The average molecular weight is 277 g/mol. The number of hydrogen-bond donors (Lipinski definition) is 0. The van der Waals surface area contributed by atoms with E-state index in [0.29, 0.717) is 18.2 Å². The topological polar surface area (TPSA) is 0 Å². The number of hydrogen-bond acceptors (Lipinski definition) is 0. The van der Waals surface area contributed by atoms with Gasteiger partial charge in [0.05, 0.1) is 0 Å². The molecule has 0 aliphatic heterocycles. The Morgan fingerprint density at radius 3 is 1.25 bits per heavy atom. The zero-order valence-corrected chi connectivity index (χ0v) is 6.37. The fourth-order valence-electron chi connectivity index (χ4n) is 0. The van der Waals surface area contributed by atoms with E-state index in [-0.39, 0.29) is 38.7 Å². The third-order valence-corrected chi connectivity index (χ3v) is 0. The molecule has 0 N–H and O–H groups in total. The molecule has 0 aliphatic carbocycles. The Kier molecular flexibility index (Phi) is 49.8. The summed E-state index contributed by atoms with van der Waals surface area (Å²) in [7, 11) is 0. The van der Waals surface area contributed by atoms with Crippen molar-refractivity contribution in [2.45, 2.75) is 0 Å². The van der Waals surface area contributed by atoms with Crippen LogP contribution in [0.25, 0.3) is 0 Å². The Bertz CT molecular complexity index is 6.00. The molecule has 4 heavy (non-hydrogen) atoms. The maximum absolute atomic E-state index is 9.67. The van der Waals surface area contributed by atoms with E-state index in [1.54, 1.807) is 0 Å². The molecular formula is F2LiTh. The van der Waals surface area contributed by atoms with Gasteiger partial charge in [-0.3, -0.25) is 0 Å². The van der Waals surface area contributed by atoms with E-state index < -0.39 is 0 Å². The van der Waals surface area contributed by atoms with Crippen molar-refractivity contribution in [1.82, 2.24) is 0 Å². The van der Waals surface area contributed by atoms with Gasteiger partial charge in [-0.2, -0.15) is 0 Å². The molecule has 0 fully saturated rings. The SMILES string of the molecule is [F][Th].[Li][F]. The van der Waals surface area contributed by atoms with E-state index in [4.69, 9.17) is 0 Å². The normalized spacial score (nSPS) is 3.50. The van der Waals surface area contributed by atoms with Crippen LogP contribution < -0.4 is 0 Å². The van der Waals surface area contributed by atoms with E-state index in [9.17, 15) is 4.49 Å². The van der Waals surface area contributed by atoms with Crippen LogP contribution in [-0.2, 0) is 0 Å². The minimum atomic E-state index is -0.342. The van der Waals surface area contributed by atoms with E-state index in [1.165, 1.54) is 0 Å². The van der Waals surface area contributed by atoms with Crippen LogP contribution in [0.3, 0.4) is 0 Å². The van der Waals surface area contributed by atoms with Gasteiger partial charge >= 0.3 is 61.4 Å². The van der Waals surface area contributed by atoms with Gasteiger partial charge in [0, 0.05) is 0 Å². The van der Waals surface area contributed by atoms with Crippen molar-refractivity contribution in [3.8, 4) is 0 Å². The van der Waals surface area contributed by atoms with Crippen LogP contribution in [-0.4, -0.2) is 18.2 Å². The Labute approximate surface area is 60.5 Å². The molecule has 0 aromatic heterocycles. The van der Waals surface area contributed by atoms with Crippen molar-refractivity contribution in [1.29, 1.82) is 0 Å². The molecule has 0 spiro atoms. The molecule has 0 aromatic carbocycles. The molecule has 0 rings (SSSR count). The third kappa shape index (κ3) is 9.22. The molecule has 0 saturated heterocycles. The van der Waals surface area contributed by atoms with Gasteiger partial charge in [0.25, 0.3) is 0 Å². The van der Waals surface area contributed by atoms with Gasteiger partial charge in [0.1, 0.15) is 0 Å². The fraction of sp³-hybridized carbons (Fsp3) is 0. The van der Waals surface area contributed by atoms with E-state index in [1.807, 2.05) is 0 Å². The summed E-state index contributed by atoms with van der Waals surface area (Å²) in [6, 6.07) is 0. The standard InChI is InChI=1S/2FH.Li.Th/h2*1H;;/q;;2*+1/p-2. The summed E-state index contributed by atoms with van der Waals surface area (Å²) in [5.74, 6) is 0. The van der Waals surface area contributed by atoms with Crippen LogP contribution in [0.2, 0.25) is 0 Å². The van der Waals surface area contributed by atoms with E-state index in [2.05, 4.69) is 0 Å². The van der Waals surface area contributed by atoms with Gasteiger partial charge in [-0.25, -0.2) is 0 Å². The molecule has 0 unspecified atom stereocenters. The van der Waals surface area contributed by atoms with Crippen LogP contribution in [0.5, 0.6) is 0 Å². The van der Waals surface area contributed by atoms with Crippen LogP contribution >= 0.6 is 0 Å². The Morgan fingerprint density at radius 1 is 1.25 bits per heavy atom. The zero-order chi connectivity index (χ0) is 4.00. The van der Waals surface area contributed by atoms with Crippen LogP contribution in [0.4, 0.5) is 4.49 Å². The van der Waals surface area contributed by atoms with Gasteiger partial charge < -0.3 is 0 Å². The Balaban J connectivity index is 0. The first-order valence-corrected chi connectivity index (χ1v) is 2.12. The first kappa shape index (κ1) is 9.24. The first-order valence-electron chi connectivity index (χ1n) is 0.567. The van der Waals surface area contributed by atoms with Gasteiger partial charge in [-0.05, 0) is 0 Å². The second-order valence-electron chi connectivity index (χ2n) is 0. The summed E-state index contributed by atoms with van der Waals surface area (Å²) < 4.78 is 19.2. The van der Waals surface area contributed by atoms with Crippen molar-refractivity contribution in [3.63, 3.8) is 0 Å². The average Bonchev–Trinajstić information content (AvgIpc) is 1.50. The van der Waals surface area contributed by atoms with Gasteiger partial charge in [0.2, 0.25) is 0 Å². The molecule has 0 aliphatic rings. The zero-order valence-electron chi connectivity index (χ0n) is 2.26. The van der Waals surface area contributed by atoms with Crippen molar-refractivity contribution in [3.05, 3.63) is 0 Å². The van der Waals surface area contributed by atoms with E-state index in [0.717, 1.165) is 0 Å². The monoisotopic (exact) mass is 277 g/mol. The maximum atomic E-state index is 9.67. The summed E-state index contributed by atoms with van der Waals surface area (Å²) in [5, 5.41) is 0. The second kappa shape index (κ2) is 21.5. The summed E-state index contributed by atoms with van der Waals surface area (Å²) in [6.07, 6.45) is 0. The quantitative estimate of drug-likeness (QED) is 0.564. The molecule has 0 nitrogen and oxygen atoms in total. The Morgan fingerprint density at radius 2 is 1.25 bits per heavy atom. The summed E-state index contributed by atoms with van der Waals surface area (Å²) in [5.41, 5.74) is 0. The Hall–Kier alpha value is 1.78. The summed E-state index contributed by atoms with van der Waals surface area (Å²) in [6.45, 7) is 0. The molecule has 0 saturated carbocycles. The third-order valence-electron chi connectivity index (χ3n) is 0. The number of rotatable bonds is 0. The molecule has 0 amide bonds. The summed E-state index contributed by atoms with van der Waals surface area (Å²) in [4.78, 5) is 0.